The predicted octanol–water partition coefficient (Wildman–Crippen LogP) is 7.50. The lowest BCUT2D eigenvalue weighted by atomic mass is 9.81. The molecule has 0 aromatic carbocycles. The van der Waals surface area contributed by atoms with E-state index in [0.717, 1.165) is 54.1 Å². The van der Waals surface area contributed by atoms with Crippen LogP contribution in [-0.2, 0) is 20.8 Å². The van der Waals surface area contributed by atoms with Crippen LogP contribution in [0.25, 0.3) is 5.57 Å². The summed E-state index contributed by atoms with van der Waals surface area (Å²) in [6.07, 6.45) is 2.57. The molecule has 11 heteroatoms. The lowest BCUT2D eigenvalue weighted by molar-refractivity contribution is -0.141. The number of pyridine rings is 2. The van der Waals surface area contributed by atoms with Gasteiger partial charge in [0, 0.05) is 29.8 Å². The minimum Gasteiger partial charge on any atom is -0.475 e. The van der Waals surface area contributed by atoms with Crippen molar-refractivity contribution < 1.29 is 31.9 Å². The molecule has 3 atom stereocenters. The van der Waals surface area contributed by atoms with Gasteiger partial charge in [-0.25, -0.2) is 4.98 Å². The van der Waals surface area contributed by atoms with E-state index in [1.165, 1.54) is 6.07 Å². The average molecular weight is 644 g/mol. The molecule has 1 saturated carbocycles. The maximum atomic E-state index is 13.2. The number of allylic oxidation sites excluding steroid dienone is 2. The van der Waals surface area contributed by atoms with Gasteiger partial charge in [-0.2, -0.15) is 13.2 Å². The highest BCUT2D eigenvalue weighted by Gasteiger charge is 2.58. The Hall–Kier alpha value is -3.02. The highest BCUT2D eigenvalue weighted by atomic mass is 28.4. The molecule has 2 aromatic heterocycles. The molecule has 5 rings (SSSR count). The number of amides is 1. The lowest BCUT2D eigenvalue weighted by Crippen LogP contribution is -2.45. The fourth-order valence-corrected chi connectivity index (χ4v) is 6.97. The van der Waals surface area contributed by atoms with Crippen LogP contribution in [-0.4, -0.2) is 56.2 Å². The zero-order chi connectivity index (χ0) is 32.8. The van der Waals surface area contributed by atoms with Crippen molar-refractivity contribution in [1.82, 2.24) is 15.3 Å². The first kappa shape index (κ1) is 33.3. The van der Waals surface area contributed by atoms with Crippen LogP contribution in [0, 0.1) is 5.92 Å². The zero-order valence-corrected chi connectivity index (χ0v) is 28.2. The molecule has 7 nitrogen and oxygen atoms in total. The number of hydrogen-bond donors (Lipinski definition) is 1. The summed E-state index contributed by atoms with van der Waals surface area (Å²) in [7, 11) is -1.92. The van der Waals surface area contributed by atoms with E-state index in [2.05, 4.69) is 50.2 Å². The van der Waals surface area contributed by atoms with Gasteiger partial charge in [-0.3, -0.25) is 9.78 Å². The van der Waals surface area contributed by atoms with Crippen LogP contribution in [0.1, 0.15) is 81.2 Å². The molecule has 244 valence electrons. The standard InChI is InChI=1S/C34H44F3N3O4Si/c1-22-8-10-32(5,40-30(41)23-9-12-38-28(16-23)34(35,36)37)20-26(22)24-17-27(33-11-13-42-21-25(33)19-33)39-29(18-24)43-14-15-44-45(6,7)31(2,3)4/h8-10,12,16-18,25H,11,13-15,19-21H2,1-7H3,(H,40,41)/t25?,32?,33-/m1/s1. The average Bonchev–Trinajstić information content (AvgIpc) is 3.72. The monoisotopic (exact) mass is 643 g/mol. The Kier molecular flexibility index (Phi) is 8.87. The molecule has 2 unspecified atom stereocenters. The zero-order valence-electron chi connectivity index (χ0n) is 27.2. The summed E-state index contributed by atoms with van der Waals surface area (Å²) >= 11 is 0. The molecular formula is C34H44F3N3O4Si. The van der Waals surface area contributed by atoms with Crippen molar-refractivity contribution in [3.8, 4) is 5.88 Å². The van der Waals surface area contributed by atoms with Gasteiger partial charge in [0.25, 0.3) is 5.91 Å². The maximum Gasteiger partial charge on any atom is 0.433 e. The number of nitrogens with one attached hydrogen (secondary N) is 1. The Morgan fingerprint density at radius 1 is 1.18 bits per heavy atom. The minimum atomic E-state index is -4.64. The third-order valence-electron chi connectivity index (χ3n) is 9.94. The molecule has 3 aliphatic rings. The number of rotatable bonds is 9. The Bertz CT molecular complexity index is 1520. The van der Waals surface area contributed by atoms with Crippen LogP contribution in [0.15, 0.2) is 48.2 Å². The van der Waals surface area contributed by atoms with E-state index in [4.69, 9.17) is 18.9 Å². The lowest BCUT2D eigenvalue weighted by Gasteiger charge is -2.36. The normalized spacial score (nSPS) is 25.2. The third kappa shape index (κ3) is 7.20. The Labute approximate surface area is 264 Å². The molecule has 0 bridgehead atoms. The third-order valence-corrected chi connectivity index (χ3v) is 14.5. The van der Waals surface area contributed by atoms with Gasteiger partial charge in [-0.15, -0.1) is 0 Å². The number of alkyl halides is 3. The molecule has 2 aromatic rings. The van der Waals surface area contributed by atoms with E-state index in [-0.39, 0.29) is 16.0 Å². The van der Waals surface area contributed by atoms with Crippen LogP contribution in [0.5, 0.6) is 5.88 Å². The number of carbonyl (C=O) groups is 1. The summed E-state index contributed by atoms with van der Waals surface area (Å²) in [5, 5.41) is 3.05. The molecular weight excluding hydrogens is 599 g/mol. The maximum absolute atomic E-state index is 13.2. The molecule has 1 saturated heterocycles. The highest BCUT2D eigenvalue weighted by molar-refractivity contribution is 6.74. The summed E-state index contributed by atoms with van der Waals surface area (Å²) in [5.41, 5.74) is 1.92. The van der Waals surface area contributed by atoms with Crippen molar-refractivity contribution in [3.63, 3.8) is 0 Å². The SMILES string of the molecule is CC1=C(c2cc(OCCO[Si](C)(C)C(C)(C)C)nc([C@@]34CCOCC3C4)c2)CC(C)(NC(=O)c2ccnc(C(F)(F)F)c2)C=C1. The van der Waals surface area contributed by atoms with E-state index in [0.29, 0.717) is 38.0 Å². The number of halogens is 3. The first-order chi connectivity index (χ1) is 20.9. The number of nitrogens with zero attached hydrogens (tertiary/aromatic N) is 2. The molecule has 1 N–H and O–H groups in total. The van der Waals surface area contributed by atoms with E-state index in [1.807, 2.05) is 32.1 Å². The van der Waals surface area contributed by atoms with Crippen LogP contribution in [0.4, 0.5) is 13.2 Å². The fourth-order valence-electron chi connectivity index (χ4n) is 5.94. The van der Waals surface area contributed by atoms with E-state index in [9.17, 15) is 18.0 Å². The van der Waals surface area contributed by atoms with Crippen LogP contribution in [0.3, 0.4) is 0 Å². The smallest absolute Gasteiger partial charge is 0.433 e. The minimum absolute atomic E-state index is 0.0297. The second-order valence-corrected chi connectivity index (χ2v) is 19.2. The van der Waals surface area contributed by atoms with Gasteiger partial charge in [0.1, 0.15) is 12.3 Å². The number of fused-ring (bicyclic) bond motifs is 1. The Morgan fingerprint density at radius 2 is 1.93 bits per heavy atom. The van der Waals surface area contributed by atoms with Crippen LogP contribution >= 0.6 is 0 Å². The molecule has 0 radical (unpaired) electrons. The number of aromatic nitrogens is 2. The van der Waals surface area contributed by atoms with Gasteiger partial charge < -0.3 is 19.2 Å². The molecule has 2 fully saturated rings. The van der Waals surface area contributed by atoms with Crippen LogP contribution in [0.2, 0.25) is 18.1 Å². The molecule has 1 amide bonds. The van der Waals surface area contributed by atoms with Crippen molar-refractivity contribution in [3.05, 3.63) is 70.7 Å². The molecule has 0 spiro atoms. The summed E-state index contributed by atoms with van der Waals surface area (Å²) < 4.78 is 58.0. The Balaban J connectivity index is 1.38. The summed E-state index contributed by atoms with van der Waals surface area (Å²) in [6.45, 7) is 17.2. The summed E-state index contributed by atoms with van der Waals surface area (Å²) in [6, 6.07) is 6.15. The van der Waals surface area contributed by atoms with Gasteiger partial charge in [0.05, 0.1) is 24.4 Å². The van der Waals surface area contributed by atoms with E-state index < -0.39 is 31.6 Å². The highest BCUT2D eigenvalue weighted by Crippen LogP contribution is 2.58. The first-order valence-electron chi connectivity index (χ1n) is 15.5. The van der Waals surface area contributed by atoms with Gasteiger partial charge in [0.2, 0.25) is 5.88 Å². The Morgan fingerprint density at radius 3 is 2.62 bits per heavy atom. The quantitative estimate of drug-likeness (QED) is 0.225. The van der Waals surface area contributed by atoms with Crippen LogP contribution < -0.4 is 10.1 Å². The fraction of sp³-hybridized carbons (Fsp3) is 0.559. The largest absolute Gasteiger partial charge is 0.475 e. The second-order valence-electron chi connectivity index (χ2n) is 14.4. The number of hydrogen-bond acceptors (Lipinski definition) is 6. The van der Waals surface area contributed by atoms with Crippen molar-refractivity contribution in [2.75, 3.05) is 26.4 Å². The number of carbonyl (C=O) groups excluding carboxylic acids is 1. The first-order valence-corrected chi connectivity index (χ1v) is 18.5. The van der Waals surface area contributed by atoms with Gasteiger partial charge in [-0.05, 0) is 92.1 Å². The van der Waals surface area contributed by atoms with Gasteiger partial charge >= 0.3 is 6.18 Å². The second kappa shape index (κ2) is 12.0. The molecule has 45 heavy (non-hydrogen) atoms. The van der Waals surface area contributed by atoms with Gasteiger partial charge in [-0.1, -0.05) is 32.9 Å². The molecule has 1 aliphatic heterocycles. The van der Waals surface area contributed by atoms with Crippen molar-refractivity contribution in [1.29, 1.82) is 0 Å². The van der Waals surface area contributed by atoms with Crippen molar-refractivity contribution >= 4 is 19.8 Å². The molecule has 3 heterocycles. The number of ether oxygens (including phenoxy) is 2. The van der Waals surface area contributed by atoms with E-state index in [1.54, 1.807) is 0 Å². The predicted molar refractivity (Wildman–Crippen MR) is 170 cm³/mol. The summed E-state index contributed by atoms with van der Waals surface area (Å²) in [5.74, 6) is 0.360. The van der Waals surface area contributed by atoms with Crippen molar-refractivity contribution in [2.45, 2.75) is 89.1 Å². The topological polar surface area (TPSA) is 82.6 Å². The van der Waals surface area contributed by atoms with E-state index >= 15 is 0 Å². The molecule has 2 aliphatic carbocycles. The van der Waals surface area contributed by atoms with Crippen molar-refractivity contribution in [2.24, 2.45) is 5.92 Å². The van der Waals surface area contributed by atoms with Gasteiger partial charge in [0.15, 0.2) is 8.32 Å². The summed E-state index contributed by atoms with van der Waals surface area (Å²) in [4.78, 5) is 21.5.